The topological polar surface area (TPSA) is 63.8 Å². The molecule has 0 atom stereocenters. The summed E-state index contributed by atoms with van der Waals surface area (Å²) < 4.78 is 22.5. The van der Waals surface area contributed by atoms with Gasteiger partial charge in [-0.2, -0.15) is 0 Å². The van der Waals surface area contributed by atoms with Crippen LogP contribution < -0.4 is 0 Å². The molecule has 0 aliphatic rings. The highest BCUT2D eigenvalue weighted by Crippen LogP contribution is 2.23. The predicted molar refractivity (Wildman–Crippen MR) is 109 cm³/mol. The van der Waals surface area contributed by atoms with Gasteiger partial charge in [0.2, 0.25) is 0 Å². The van der Waals surface area contributed by atoms with E-state index < -0.39 is 5.60 Å². The van der Waals surface area contributed by atoms with Gasteiger partial charge in [-0.1, -0.05) is 6.07 Å². The lowest BCUT2D eigenvalue weighted by Crippen LogP contribution is -2.31. The average molecular weight is 482 g/mol. The van der Waals surface area contributed by atoms with E-state index in [1.54, 1.807) is 49.0 Å². The number of hydrogen-bond donors (Lipinski definition) is 1. The summed E-state index contributed by atoms with van der Waals surface area (Å²) in [6.45, 7) is 3.06. The number of Topliss-reactive ketones (excluding diaryl/α,β-unsaturated/α-hetero) is 1. The SMILES string of the molecule is CC(C)(CO)OCC(=O)c1cc2ccncn2c1Cc1ccc(I)cc1F. The Morgan fingerprint density at radius 3 is 2.81 bits per heavy atom. The number of aliphatic hydroxyl groups is 1. The molecule has 0 saturated carbocycles. The summed E-state index contributed by atoms with van der Waals surface area (Å²) in [6.07, 6.45) is 3.52. The fraction of sp³-hybridized carbons (Fsp3) is 0.300. The number of nitrogens with zero attached hydrogens (tertiary/aromatic N) is 2. The summed E-state index contributed by atoms with van der Waals surface area (Å²) in [5.41, 5.74) is 1.63. The van der Waals surface area contributed by atoms with E-state index in [2.05, 4.69) is 27.6 Å². The summed E-state index contributed by atoms with van der Waals surface area (Å²) in [5, 5.41) is 9.30. The van der Waals surface area contributed by atoms with Gasteiger partial charge in [0.15, 0.2) is 5.78 Å². The van der Waals surface area contributed by atoms with Crippen LogP contribution in [0.1, 0.15) is 35.5 Å². The van der Waals surface area contributed by atoms with Crippen molar-refractivity contribution in [1.29, 1.82) is 0 Å². The lowest BCUT2D eigenvalue weighted by molar-refractivity contribution is -0.0447. The lowest BCUT2D eigenvalue weighted by Gasteiger charge is -2.21. The van der Waals surface area contributed by atoms with Crippen LogP contribution in [-0.2, 0) is 11.2 Å². The number of ether oxygens (including phenoxy) is 1. The molecular weight excluding hydrogens is 462 g/mol. The zero-order valence-corrected chi connectivity index (χ0v) is 17.2. The zero-order valence-electron chi connectivity index (χ0n) is 15.1. The number of halogens is 2. The minimum atomic E-state index is -0.807. The molecule has 7 heteroatoms. The Balaban J connectivity index is 1.97. The molecule has 0 aliphatic heterocycles. The van der Waals surface area contributed by atoms with Gasteiger partial charge >= 0.3 is 0 Å². The van der Waals surface area contributed by atoms with Crippen molar-refractivity contribution in [3.63, 3.8) is 0 Å². The van der Waals surface area contributed by atoms with Crippen molar-refractivity contribution in [3.05, 3.63) is 69.1 Å². The summed E-state index contributed by atoms with van der Waals surface area (Å²) in [6, 6.07) is 8.59. The summed E-state index contributed by atoms with van der Waals surface area (Å²) in [5.74, 6) is -0.530. The van der Waals surface area contributed by atoms with Gasteiger partial charge in [-0.15, -0.1) is 0 Å². The third-order valence-corrected chi connectivity index (χ3v) is 5.00. The van der Waals surface area contributed by atoms with Crippen LogP contribution in [0.25, 0.3) is 5.52 Å². The summed E-state index contributed by atoms with van der Waals surface area (Å²) in [7, 11) is 0. The number of carbonyl (C=O) groups excluding carboxylic acids is 1. The Bertz CT molecular complexity index is 985. The fourth-order valence-electron chi connectivity index (χ4n) is 2.73. The second-order valence-corrected chi connectivity index (χ2v) is 8.17. The Hall–Kier alpha value is -1.84. The van der Waals surface area contributed by atoms with Crippen molar-refractivity contribution in [2.24, 2.45) is 0 Å². The maximum Gasteiger partial charge on any atom is 0.190 e. The largest absolute Gasteiger partial charge is 0.393 e. The van der Waals surface area contributed by atoms with Crippen molar-refractivity contribution >= 4 is 33.9 Å². The van der Waals surface area contributed by atoms with Crippen molar-refractivity contribution in [3.8, 4) is 0 Å². The smallest absolute Gasteiger partial charge is 0.190 e. The van der Waals surface area contributed by atoms with Crippen molar-refractivity contribution in [2.75, 3.05) is 13.2 Å². The van der Waals surface area contributed by atoms with E-state index in [0.717, 1.165) is 9.09 Å². The van der Waals surface area contributed by atoms with Crippen LogP contribution in [0.4, 0.5) is 4.39 Å². The van der Waals surface area contributed by atoms with Gasteiger partial charge < -0.3 is 14.2 Å². The molecule has 1 aromatic carbocycles. The van der Waals surface area contributed by atoms with Gasteiger partial charge in [0.25, 0.3) is 0 Å². The molecule has 5 nitrogen and oxygen atoms in total. The molecule has 142 valence electrons. The first-order chi connectivity index (χ1) is 12.8. The highest BCUT2D eigenvalue weighted by atomic mass is 127. The second kappa shape index (κ2) is 8.04. The Morgan fingerprint density at radius 1 is 1.33 bits per heavy atom. The Kier molecular flexibility index (Phi) is 5.92. The molecule has 0 bridgehead atoms. The summed E-state index contributed by atoms with van der Waals surface area (Å²) >= 11 is 2.06. The third kappa shape index (κ3) is 4.53. The Labute approximate surface area is 170 Å². The number of aliphatic hydroxyl groups excluding tert-OH is 1. The van der Waals surface area contributed by atoms with E-state index in [-0.39, 0.29) is 31.2 Å². The highest BCUT2D eigenvalue weighted by Gasteiger charge is 2.23. The standard InChI is InChI=1S/C20H20FIN2O3/c1-20(2,11-25)27-10-19(26)16-9-15-5-6-23-12-24(15)18(16)7-13-3-4-14(22)8-17(13)21/h3-6,8-9,12,25H,7,10-11H2,1-2H3. The van der Waals surface area contributed by atoms with Gasteiger partial charge in [-0.3, -0.25) is 4.79 Å². The fourth-order valence-corrected chi connectivity index (χ4v) is 3.18. The first kappa shape index (κ1) is 19.9. The van der Waals surface area contributed by atoms with Crippen LogP contribution in [0.5, 0.6) is 0 Å². The number of ketones is 1. The molecule has 0 unspecified atom stereocenters. The van der Waals surface area contributed by atoms with Crippen LogP contribution in [0, 0.1) is 9.39 Å². The van der Waals surface area contributed by atoms with E-state index in [9.17, 15) is 14.3 Å². The molecule has 2 heterocycles. The molecule has 0 spiro atoms. The minimum absolute atomic E-state index is 0.167. The monoisotopic (exact) mass is 482 g/mol. The normalized spacial score (nSPS) is 11.9. The van der Waals surface area contributed by atoms with Gasteiger partial charge in [0.05, 0.1) is 18.5 Å². The third-order valence-electron chi connectivity index (χ3n) is 4.33. The lowest BCUT2D eigenvalue weighted by atomic mass is 10.0. The van der Waals surface area contributed by atoms with Crippen LogP contribution in [0.15, 0.2) is 42.9 Å². The van der Waals surface area contributed by atoms with E-state index in [4.69, 9.17) is 4.74 Å². The highest BCUT2D eigenvalue weighted by molar-refractivity contribution is 14.1. The molecule has 0 fully saturated rings. The molecule has 0 radical (unpaired) electrons. The van der Waals surface area contributed by atoms with Crippen LogP contribution in [0.3, 0.4) is 0 Å². The van der Waals surface area contributed by atoms with E-state index in [0.29, 0.717) is 16.8 Å². The summed E-state index contributed by atoms with van der Waals surface area (Å²) in [4.78, 5) is 16.9. The van der Waals surface area contributed by atoms with E-state index in [1.807, 2.05) is 6.07 Å². The van der Waals surface area contributed by atoms with Gasteiger partial charge in [-0.05, 0) is 66.3 Å². The average Bonchev–Trinajstić information content (AvgIpc) is 3.01. The van der Waals surface area contributed by atoms with Crippen LogP contribution in [-0.4, -0.2) is 39.1 Å². The van der Waals surface area contributed by atoms with Gasteiger partial charge in [0, 0.05) is 33.0 Å². The molecule has 2 aromatic heterocycles. The van der Waals surface area contributed by atoms with E-state index >= 15 is 0 Å². The predicted octanol–water partition coefficient (Wildman–Crippen LogP) is 3.64. The van der Waals surface area contributed by atoms with Gasteiger partial charge in [-0.25, -0.2) is 9.37 Å². The molecule has 27 heavy (non-hydrogen) atoms. The molecule has 0 aliphatic carbocycles. The number of carbonyl (C=O) groups is 1. The van der Waals surface area contributed by atoms with Crippen LogP contribution >= 0.6 is 22.6 Å². The number of benzene rings is 1. The zero-order chi connectivity index (χ0) is 19.6. The molecule has 0 saturated heterocycles. The number of hydrogen-bond acceptors (Lipinski definition) is 4. The van der Waals surface area contributed by atoms with Gasteiger partial charge in [0.1, 0.15) is 12.4 Å². The van der Waals surface area contributed by atoms with E-state index in [1.165, 1.54) is 6.07 Å². The molecule has 0 amide bonds. The van der Waals surface area contributed by atoms with Crippen molar-refractivity contribution in [1.82, 2.24) is 9.38 Å². The number of rotatable bonds is 7. The van der Waals surface area contributed by atoms with Crippen LogP contribution in [0.2, 0.25) is 0 Å². The molecule has 3 rings (SSSR count). The van der Waals surface area contributed by atoms with Crippen molar-refractivity contribution in [2.45, 2.75) is 25.9 Å². The Morgan fingerprint density at radius 2 is 2.11 bits per heavy atom. The minimum Gasteiger partial charge on any atom is -0.393 e. The first-order valence-electron chi connectivity index (χ1n) is 8.46. The number of aromatic nitrogens is 2. The maximum atomic E-state index is 14.4. The second-order valence-electron chi connectivity index (χ2n) is 6.92. The maximum absolute atomic E-state index is 14.4. The quantitative estimate of drug-likeness (QED) is 0.413. The first-order valence-corrected chi connectivity index (χ1v) is 9.54. The van der Waals surface area contributed by atoms with Crippen molar-refractivity contribution < 1.29 is 19.0 Å². The molecule has 3 aromatic rings. The molecular formula is C20H20FIN2O3. The molecule has 1 N–H and O–H groups in total. The number of fused-ring (bicyclic) bond motifs is 1.